The molecule has 0 bridgehead atoms. The molecule has 0 aliphatic heterocycles. The molecule has 0 saturated heterocycles. The van der Waals surface area contributed by atoms with E-state index >= 15 is 0 Å². The quantitative estimate of drug-likeness (QED) is 0.735. The molecule has 0 spiro atoms. The van der Waals surface area contributed by atoms with E-state index in [-0.39, 0.29) is 0 Å². The van der Waals surface area contributed by atoms with E-state index in [1.807, 2.05) is 22.8 Å². The first-order valence-electron chi connectivity index (χ1n) is 5.43. The summed E-state index contributed by atoms with van der Waals surface area (Å²) in [4.78, 5) is 19.3. The van der Waals surface area contributed by atoms with Crippen LogP contribution in [0.5, 0.6) is 0 Å². The second-order valence-electron chi connectivity index (χ2n) is 3.89. The first kappa shape index (κ1) is 10.5. The molecule has 18 heavy (non-hydrogen) atoms. The molecule has 88 valence electrons. The van der Waals surface area contributed by atoms with Crippen LogP contribution in [0, 0.1) is 0 Å². The van der Waals surface area contributed by atoms with Crippen molar-refractivity contribution in [3.05, 3.63) is 54.6 Å². The number of pyridine rings is 1. The fraction of sp³-hybridized carbons (Fsp3) is 0. The number of carbonyl (C=O) groups excluding carboxylic acids is 1. The minimum atomic E-state index is -0.429. The maximum Gasteiger partial charge on any atom is 0.248 e. The van der Waals surface area contributed by atoms with Gasteiger partial charge in [0.25, 0.3) is 0 Å². The van der Waals surface area contributed by atoms with Crippen LogP contribution in [0.25, 0.3) is 16.7 Å². The van der Waals surface area contributed by atoms with Gasteiger partial charge in [-0.05, 0) is 30.3 Å². The molecule has 1 aromatic carbocycles. The zero-order valence-electron chi connectivity index (χ0n) is 9.45. The summed E-state index contributed by atoms with van der Waals surface area (Å²) in [6.07, 6.45) is 5.16. The summed E-state index contributed by atoms with van der Waals surface area (Å²) in [5.41, 5.74) is 8.42. The Hall–Kier alpha value is -2.69. The third-order valence-corrected chi connectivity index (χ3v) is 2.78. The van der Waals surface area contributed by atoms with Crippen LogP contribution in [0.4, 0.5) is 0 Å². The van der Waals surface area contributed by atoms with Gasteiger partial charge in [0.15, 0.2) is 0 Å². The summed E-state index contributed by atoms with van der Waals surface area (Å²) >= 11 is 0. The molecule has 1 amide bonds. The van der Waals surface area contributed by atoms with Crippen LogP contribution in [0.3, 0.4) is 0 Å². The van der Waals surface area contributed by atoms with Crippen LogP contribution in [0.15, 0.2) is 49.1 Å². The van der Waals surface area contributed by atoms with Gasteiger partial charge >= 0.3 is 0 Å². The number of fused-ring (bicyclic) bond motifs is 1. The van der Waals surface area contributed by atoms with E-state index in [0.29, 0.717) is 5.56 Å². The summed E-state index contributed by atoms with van der Waals surface area (Å²) < 4.78 is 1.93. The van der Waals surface area contributed by atoms with Crippen LogP contribution < -0.4 is 5.73 Å². The van der Waals surface area contributed by atoms with Gasteiger partial charge in [-0.15, -0.1) is 0 Å². The minimum absolute atomic E-state index is 0.429. The number of nitrogens with two attached hydrogens (primary N) is 1. The number of nitrogens with zero attached hydrogens (tertiary/aromatic N) is 3. The maximum atomic E-state index is 11.0. The van der Waals surface area contributed by atoms with Crippen molar-refractivity contribution < 1.29 is 4.79 Å². The Labute approximate surface area is 103 Å². The second-order valence-corrected chi connectivity index (χ2v) is 3.89. The number of hydrogen-bond donors (Lipinski definition) is 1. The van der Waals surface area contributed by atoms with E-state index in [0.717, 1.165) is 16.7 Å². The van der Waals surface area contributed by atoms with Gasteiger partial charge in [0.1, 0.15) is 11.8 Å². The molecule has 2 heterocycles. The zero-order chi connectivity index (χ0) is 12.5. The fourth-order valence-corrected chi connectivity index (χ4v) is 1.86. The third-order valence-electron chi connectivity index (χ3n) is 2.78. The summed E-state index contributed by atoms with van der Waals surface area (Å²) in [5.74, 6) is -0.429. The van der Waals surface area contributed by atoms with Crippen molar-refractivity contribution in [1.82, 2.24) is 14.5 Å². The zero-order valence-corrected chi connectivity index (χ0v) is 9.45. The van der Waals surface area contributed by atoms with Gasteiger partial charge in [0, 0.05) is 17.4 Å². The highest BCUT2D eigenvalue weighted by Crippen LogP contribution is 2.17. The number of benzene rings is 1. The Morgan fingerprint density at radius 1 is 1.17 bits per heavy atom. The van der Waals surface area contributed by atoms with Gasteiger partial charge in [-0.25, -0.2) is 4.98 Å². The summed E-state index contributed by atoms with van der Waals surface area (Å²) in [6.45, 7) is 0. The molecule has 0 aliphatic rings. The largest absolute Gasteiger partial charge is 0.366 e. The topological polar surface area (TPSA) is 73.8 Å². The predicted molar refractivity (Wildman–Crippen MR) is 67.4 cm³/mol. The van der Waals surface area contributed by atoms with Crippen LogP contribution in [-0.4, -0.2) is 20.4 Å². The molecule has 3 rings (SSSR count). The standard InChI is InChI=1S/C13H10N4O/c14-13(18)9-1-3-10(4-2-9)17-8-16-11-7-15-6-5-12(11)17/h1-8H,(H2,14,18). The molecule has 5 heteroatoms. The molecule has 0 fully saturated rings. The molecule has 0 saturated carbocycles. The SMILES string of the molecule is NC(=O)c1ccc(-n2cnc3cnccc32)cc1. The smallest absolute Gasteiger partial charge is 0.248 e. The van der Waals surface area contributed by atoms with Gasteiger partial charge in [-0.1, -0.05) is 0 Å². The van der Waals surface area contributed by atoms with Gasteiger partial charge in [0.05, 0.1) is 11.7 Å². The van der Waals surface area contributed by atoms with Crippen molar-refractivity contribution in [2.75, 3.05) is 0 Å². The number of carbonyl (C=O) groups is 1. The van der Waals surface area contributed by atoms with Crippen molar-refractivity contribution in [3.8, 4) is 5.69 Å². The van der Waals surface area contributed by atoms with Gasteiger partial charge in [0.2, 0.25) is 5.91 Å². The van der Waals surface area contributed by atoms with Crippen LogP contribution in [-0.2, 0) is 0 Å². The Bertz CT molecular complexity index is 715. The molecular formula is C13H10N4O. The summed E-state index contributed by atoms with van der Waals surface area (Å²) in [5, 5.41) is 0. The number of imidazole rings is 1. The van der Waals surface area contributed by atoms with E-state index in [1.165, 1.54) is 0 Å². The number of amides is 1. The average molecular weight is 238 g/mol. The van der Waals surface area contributed by atoms with Crippen molar-refractivity contribution in [2.24, 2.45) is 5.73 Å². The van der Waals surface area contributed by atoms with Crippen LogP contribution in [0.2, 0.25) is 0 Å². The van der Waals surface area contributed by atoms with E-state index in [4.69, 9.17) is 5.73 Å². The number of rotatable bonds is 2. The first-order chi connectivity index (χ1) is 8.75. The molecule has 2 N–H and O–H groups in total. The minimum Gasteiger partial charge on any atom is -0.366 e. The monoisotopic (exact) mass is 238 g/mol. The van der Waals surface area contributed by atoms with Crippen LogP contribution in [0.1, 0.15) is 10.4 Å². The van der Waals surface area contributed by atoms with Crippen LogP contribution >= 0.6 is 0 Å². The third kappa shape index (κ3) is 1.62. The van der Waals surface area contributed by atoms with Gasteiger partial charge in [-0.2, -0.15) is 0 Å². The molecule has 0 unspecified atom stereocenters. The normalized spacial score (nSPS) is 10.7. The average Bonchev–Trinajstić information content (AvgIpc) is 2.82. The Morgan fingerprint density at radius 2 is 1.94 bits per heavy atom. The predicted octanol–water partition coefficient (Wildman–Crippen LogP) is 1.52. The van der Waals surface area contributed by atoms with Gasteiger partial charge < -0.3 is 5.73 Å². The highest BCUT2D eigenvalue weighted by molar-refractivity contribution is 5.93. The highest BCUT2D eigenvalue weighted by atomic mass is 16.1. The molecule has 3 aromatic rings. The lowest BCUT2D eigenvalue weighted by Gasteiger charge is -2.04. The summed E-state index contributed by atoms with van der Waals surface area (Å²) in [7, 11) is 0. The lowest BCUT2D eigenvalue weighted by atomic mass is 10.2. The number of hydrogen-bond acceptors (Lipinski definition) is 3. The lowest BCUT2D eigenvalue weighted by molar-refractivity contribution is 0.100. The lowest BCUT2D eigenvalue weighted by Crippen LogP contribution is -2.10. The van der Waals surface area contributed by atoms with Crippen molar-refractivity contribution >= 4 is 16.9 Å². The molecule has 5 nitrogen and oxygen atoms in total. The first-order valence-corrected chi connectivity index (χ1v) is 5.43. The molecule has 0 radical (unpaired) electrons. The highest BCUT2D eigenvalue weighted by Gasteiger charge is 2.05. The van der Waals surface area contributed by atoms with Crippen molar-refractivity contribution in [1.29, 1.82) is 0 Å². The Kier molecular flexibility index (Phi) is 2.30. The Balaban J connectivity index is 2.12. The second kappa shape index (κ2) is 3.96. The van der Waals surface area contributed by atoms with E-state index in [9.17, 15) is 4.79 Å². The van der Waals surface area contributed by atoms with E-state index in [2.05, 4.69) is 9.97 Å². The molecule has 0 aliphatic carbocycles. The molecule has 2 aromatic heterocycles. The molecule has 0 atom stereocenters. The molecular weight excluding hydrogens is 228 g/mol. The number of primary amides is 1. The van der Waals surface area contributed by atoms with E-state index < -0.39 is 5.91 Å². The summed E-state index contributed by atoms with van der Waals surface area (Å²) in [6, 6.07) is 8.96. The van der Waals surface area contributed by atoms with Crippen molar-refractivity contribution in [3.63, 3.8) is 0 Å². The fourth-order valence-electron chi connectivity index (χ4n) is 1.86. The number of aromatic nitrogens is 3. The Morgan fingerprint density at radius 3 is 2.67 bits per heavy atom. The van der Waals surface area contributed by atoms with E-state index in [1.54, 1.807) is 30.9 Å². The van der Waals surface area contributed by atoms with Gasteiger partial charge in [-0.3, -0.25) is 14.3 Å². The van der Waals surface area contributed by atoms with Crippen molar-refractivity contribution in [2.45, 2.75) is 0 Å². The maximum absolute atomic E-state index is 11.0.